The summed E-state index contributed by atoms with van der Waals surface area (Å²) in [4.78, 5) is 23.7. The summed E-state index contributed by atoms with van der Waals surface area (Å²) in [6.07, 6.45) is -2.86. The molecule has 0 bridgehead atoms. The van der Waals surface area contributed by atoms with Crippen LogP contribution in [0.5, 0.6) is 0 Å². The summed E-state index contributed by atoms with van der Waals surface area (Å²) in [7, 11) is 0. The van der Waals surface area contributed by atoms with Gasteiger partial charge in [-0.15, -0.1) is 0 Å². The summed E-state index contributed by atoms with van der Waals surface area (Å²) in [5.41, 5.74) is 0.146. The van der Waals surface area contributed by atoms with Crippen molar-refractivity contribution in [2.75, 3.05) is 5.32 Å². The van der Waals surface area contributed by atoms with Gasteiger partial charge >= 0.3 is 12.3 Å². The molecule has 0 saturated carbocycles. The van der Waals surface area contributed by atoms with Gasteiger partial charge in [-0.1, -0.05) is 30.3 Å². The predicted octanol–water partition coefficient (Wildman–Crippen LogP) is 2.11. The van der Waals surface area contributed by atoms with Crippen molar-refractivity contribution < 1.29 is 27.2 Å². The van der Waals surface area contributed by atoms with Crippen molar-refractivity contribution in [2.24, 2.45) is 0 Å². The smallest absolute Gasteiger partial charge is 0.335 e. The number of rotatable bonds is 6. The van der Waals surface area contributed by atoms with Crippen molar-refractivity contribution in [3.05, 3.63) is 48.2 Å². The van der Waals surface area contributed by atoms with Gasteiger partial charge in [-0.05, 0) is 5.56 Å². The Labute approximate surface area is 133 Å². The van der Waals surface area contributed by atoms with Crippen molar-refractivity contribution in [1.82, 2.24) is 15.5 Å². The van der Waals surface area contributed by atoms with E-state index < -0.39 is 30.2 Å². The third-order valence-corrected chi connectivity index (χ3v) is 3.01. The molecule has 128 valence electrons. The van der Waals surface area contributed by atoms with Gasteiger partial charge in [0, 0.05) is 6.07 Å². The van der Waals surface area contributed by atoms with E-state index in [1.54, 1.807) is 11.4 Å². The van der Waals surface area contributed by atoms with Crippen LogP contribution in [0.4, 0.5) is 23.4 Å². The molecule has 6 nitrogen and oxygen atoms in total. The van der Waals surface area contributed by atoms with E-state index in [0.717, 1.165) is 0 Å². The highest BCUT2D eigenvalue weighted by atomic mass is 19.3. The number of anilines is 1. The van der Waals surface area contributed by atoms with Gasteiger partial charge in [0.2, 0.25) is 0 Å². The lowest BCUT2D eigenvalue weighted by Gasteiger charge is -2.21. The van der Waals surface area contributed by atoms with E-state index in [1.165, 1.54) is 36.5 Å². The van der Waals surface area contributed by atoms with Crippen LogP contribution in [0.1, 0.15) is 11.6 Å². The van der Waals surface area contributed by atoms with E-state index in [2.05, 4.69) is 15.5 Å². The average Bonchev–Trinajstić information content (AvgIpc) is 3.05. The summed E-state index contributed by atoms with van der Waals surface area (Å²) < 4.78 is 50.9. The first-order valence-corrected chi connectivity index (χ1v) is 6.64. The minimum absolute atomic E-state index is 0.146. The summed E-state index contributed by atoms with van der Waals surface area (Å²) in [5.74, 6) is -7.91. The van der Waals surface area contributed by atoms with Gasteiger partial charge in [-0.25, -0.2) is 8.78 Å². The number of amides is 2. The zero-order valence-electron chi connectivity index (χ0n) is 12.0. The zero-order chi connectivity index (χ0) is 17.7. The number of hydrogen-bond donors (Lipinski definition) is 3. The minimum atomic E-state index is -4.92. The van der Waals surface area contributed by atoms with Crippen molar-refractivity contribution in [3.8, 4) is 0 Å². The Morgan fingerprint density at radius 1 is 1.12 bits per heavy atom. The molecule has 1 aromatic heterocycles. The van der Waals surface area contributed by atoms with Crippen molar-refractivity contribution in [2.45, 2.75) is 18.4 Å². The number of carbonyl (C=O) groups is 2. The second-order valence-electron chi connectivity index (χ2n) is 4.70. The standard InChI is InChI=1S/C14H12F4N4O2/c15-12(16)14(17,18)13(24)21-10(8-4-2-1-3-5-8)11(23)20-9-6-7-19-22-9/h1-7,10,12H,(H,21,24)(H2,19,20,22,23)/t10-/m0/s1. The molecule has 0 spiro atoms. The van der Waals surface area contributed by atoms with E-state index in [1.807, 2.05) is 0 Å². The van der Waals surface area contributed by atoms with E-state index in [-0.39, 0.29) is 11.4 Å². The Hall–Kier alpha value is -2.91. The molecule has 0 aliphatic carbocycles. The Morgan fingerprint density at radius 2 is 1.79 bits per heavy atom. The largest absolute Gasteiger partial charge is 0.383 e. The van der Waals surface area contributed by atoms with Crippen molar-refractivity contribution in [3.63, 3.8) is 0 Å². The molecule has 2 rings (SSSR count). The van der Waals surface area contributed by atoms with Crippen LogP contribution in [-0.2, 0) is 9.59 Å². The Balaban J connectivity index is 2.24. The number of aromatic nitrogens is 2. The SMILES string of the molecule is O=C(Nc1ccn[nH]1)[C@@H](NC(=O)C(F)(F)C(F)F)c1ccccc1. The Kier molecular flexibility index (Phi) is 5.17. The molecule has 10 heteroatoms. The lowest BCUT2D eigenvalue weighted by Crippen LogP contribution is -2.48. The van der Waals surface area contributed by atoms with Crippen LogP contribution < -0.4 is 10.6 Å². The number of nitrogens with zero attached hydrogens (tertiary/aromatic N) is 1. The highest BCUT2D eigenvalue weighted by Gasteiger charge is 2.50. The lowest BCUT2D eigenvalue weighted by molar-refractivity contribution is -0.170. The molecule has 3 N–H and O–H groups in total. The third-order valence-electron chi connectivity index (χ3n) is 3.01. The fraction of sp³-hybridized carbons (Fsp3) is 0.214. The molecular weight excluding hydrogens is 332 g/mol. The van der Waals surface area contributed by atoms with E-state index >= 15 is 0 Å². The molecule has 1 aromatic carbocycles. The van der Waals surface area contributed by atoms with Gasteiger partial charge < -0.3 is 10.6 Å². The summed E-state index contributed by atoms with van der Waals surface area (Å²) in [6, 6.07) is 7.17. The molecule has 0 saturated heterocycles. The molecule has 2 amide bonds. The monoisotopic (exact) mass is 344 g/mol. The minimum Gasteiger partial charge on any atom is -0.335 e. The summed E-state index contributed by atoms with van der Waals surface area (Å²) in [5, 5.41) is 9.95. The maximum Gasteiger partial charge on any atom is 0.383 e. The molecule has 0 radical (unpaired) electrons. The number of halogens is 4. The molecule has 0 aliphatic rings. The van der Waals surface area contributed by atoms with Gasteiger partial charge in [0.25, 0.3) is 11.8 Å². The van der Waals surface area contributed by atoms with Crippen molar-refractivity contribution >= 4 is 17.6 Å². The predicted molar refractivity (Wildman–Crippen MR) is 75.5 cm³/mol. The van der Waals surface area contributed by atoms with E-state index in [4.69, 9.17) is 0 Å². The number of nitrogens with one attached hydrogen (secondary N) is 3. The molecule has 2 aromatic rings. The Bertz CT molecular complexity index is 692. The van der Waals surface area contributed by atoms with Crippen molar-refractivity contribution in [1.29, 1.82) is 0 Å². The first kappa shape index (κ1) is 17.4. The van der Waals surface area contributed by atoms with Crippen LogP contribution in [0.15, 0.2) is 42.6 Å². The number of carbonyl (C=O) groups excluding carboxylic acids is 2. The fourth-order valence-electron chi connectivity index (χ4n) is 1.80. The van der Waals surface area contributed by atoms with Crippen LogP contribution in [0.25, 0.3) is 0 Å². The van der Waals surface area contributed by atoms with Gasteiger partial charge in [-0.3, -0.25) is 14.7 Å². The van der Waals surface area contributed by atoms with Crippen LogP contribution in [-0.4, -0.2) is 34.4 Å². The highest BCUT2D eigenvalue weighted by Crippen LogP contribution is 2.25. The number of H-pyrrole nitrogens is 1. The van der Waals surface area contributed by atoms with Crippen LogP contribution >= 0.6 is 0 Å². The Morgan fingerprint density at radius 3 is 2.33 bits per heavy atom. The number of hydrogen-bond acceptors (Lipinski definition) is 3. The number of benzene rings is 1. The first-order valence-electron chi connectivity index (χ1n) is 6.64. The molecule has 24 heavy (non-hydrogen) atoms. The average molecular weight is 344 g/mol. The van der Waals surface area contributed by atoms with Gasteiger partial charge in [0.1, 0.15) is 11.9 Å². The van der Waals surface area contributed by atoms with E-state index in [0.29, 0.717) is 0 Å². The number of alkyl halides is 4. The molecule has 0 fully saturated rings. The zero-order valence-corrected chi connectivity index (χ0v) is 12.0. The molecule has 0 aliphatic heterocycles. The summed E-state index contributed by atoms with van der Waals surface area (Å²) in [6.45, 7) is 0. The normalized spacial score (nSPS) is 12.7. The molecule has 1 heterocycles. The van der Waals surface area contributed by atoms with E-state index in [9.17, 15) is 27.2 Å². The first-order chi connectivity index (χ1) is 11.3. The molecule has 0 unspecified atom stereocenters. The quantitative estimate of drug-likeness (QED) is 0.702. The van der Waals surface area contributed by atoms with Crippen LogP contribution in [0.3, 0.4) is 0 Å². The number of aromatic amines is 1. The molecule has 1 atom stereocenters. The maximum atomic E-state index is 13.1. The maximum absolute atomic E-state index is 13.1. The molecular formula is C14H12F4N4O2. The van der Waals surface area contributed by atoms with Gasteiger partial charge in [0.05, 0.1) is 6.20 Å². The van der Waals surface area contributed by atoms with Gasteiger partial charge in [-0.2, -0.15) is 13.9 Å². The summed E-state index contributed by atoms with van der Waals surface area (Å²) >= 11 is 0. The topological polar surface area (TPSA) is 86.9 Å². The fourth-order valence-corrected chi connectivity index (χ4v) is 1.80. The van der Waals surface area contributed by atoms with Crippen LogP contribution in [0.2, 0.25) is 0 Å². The third kappa shape index (κ3) is 3.89. The lowest BCUT2D eigenvalue weighted by atomic mass is 10.1. The second kappa shape index (κ2) is 7.11. The van der Waals surface area contributed by atoms with Crippen LogP contribution in [0, 0.1) is 0 Å². The second-order valence-corrected chi connectivity index (χ2v) is 4.70. The van der Waals surface area contributed by atoms with Gasteiger partial charge in [0.15, 0.2) is 0 Å². The highest BCUT2D eigenvalue weighted by molar-refractivity contribution is 5.98.